The van der Waals surface area contributed by atoms with E-state index in [1.165, 1.54) is 32.9 Å². The average molecular weight is 350 g/mol. The molecular formula is C15H15N3OS3. The van der Waals surface area contributed by atoms with Crippen LogP contribution in [0.15, 0.2) is 16.3 Å². The highest BCUT2D eigenvalue weighted by atomic mass is 32.2. The first-order valence-electron chi connectivity index (χ1n) is 6.93. The number of carbonyl (C=O) groups excluding carboxylic acids is 1. The Morgan fingerprint density at radius 3 is 3.00 bits per heavy atom. The van der Waals surface area contributed by atoms with Crippen molar-refractivity contribution in [2.24, 2.45) is 5.92 Å². The van der Waals surface area contributed by atoms with E-state index in [0.717, 1.165) is 16.3 Å². The number of nitriles is 1. The number of hydrogen-bond donors (Lipinski definition) is 1. The number of nitrogens with zero attached hydrogens (tertiary/aromatic N) is 2. The maximum Gasteiger partial charge on any atom is 0.229 e. The summed E-state index contributed by atoms with van der Waals surface area (Å²) in [4.78, 5) is 19.3. The van der Waals surface area contributed by atoms with Crippen LogP contribution in [0.3, 0.4) is 0 Å². The molecule has 0 saturated heterocycles. The van der Waals surface area contributed by atoms with Gasteiger partial charge >= 0.3 is 0 Å². The van der Waals surface area contributed by atoms with E-state index >= 15 is 0 Å². The molecule has 2 unspecified atom stereocenters. The van der Waals surface area contributed by atoms with Crippen LogP contribution < -0.4 is 5.32 Å². The van der Waals surface area contributed by atoms with Gasteiger partial charge in [0, 0.05) is 21.6 Å². The van der Waals surface area contributed by atoms with Crippen molar-refractivity contribution in [2.45, 2.75) is 30.4 Å². The van der Waals surface area contributed by atoms with E-state index in [9.17, 15) is 4.79 Å². The minimum Gasteiger partial charge on any atom is -0.302 e. The molecule has 1 saturated carbocycles. The fourth-order valence-corrected chi connectivity index (χ4v) is 5.18. The van der Waals surface area contributed by atoms with Crippen molar-refractivity contribution in [3.05, 3.63) is 27.6 Å². The van der Waals surface area contributed by atoms with Crippen LogP contribution in [0.4, 0.5) is 5.13 Å². The van der Waals surface area contributed by atoms with E-state index < -0.39 is 0 Å². The van der Waals surface area contributed by atoms with Gasteiger partial charge in [0.15, 0.2) is 5.13 Å². The Bertz CT molecular complexity index is 744. The average Bonchev–Trinajstić information content (AvgIpc) is 3.06. The number of aryl methyl sites for hydroxylation is 2. The Morgan fingerprint density at radius 2 is 2.32 bits per heavy atom. The van der Waals surface area contributed by atoms with Gasteiger partial charge in [-0.3, -0.25) is 4.79 Å². The van der Waals surface area contributed by atoms with E-state index in [1.807, 2.05) is 6.92 Å². The van der Waals surface area contributed by atoms with Gasteiger partial charge in [-0.05, 0) is 32.4 Å². The predicted molar refractivity (Wildman–Crippen MR) is 91.7 cm³/mol. The fraction of sp³-hybridized carbons (Fsp3) is 0.400. The number of nitrogens with one attached hydrogen (secondary N) is 1. The van der Waals surface area contributed by atoms with Gasteiger partial charge < -0.3 is 5.32 Å². The van der Waals surface area contributed by atoms with E-state index in [-0.39, 0.29) is 11.8 Å². The van der Waals surface area contributed by atoms with Crippen molar-refractivity contribution in [3.63, 3.8) is 0 Å². The Balaban J connectivity index is 1.60. The number of amides is 1. The van der Waals surface area contributed by atoms with Crippen LogP contribution in [0.25, 0.3) is 0 Å². The Kier molecular flexibility index (Phi) is 4.52. The molecule has 2 heterocycles. The summed E-state index contributed by atoms with van der Waals surface area (Å²) >= 11 is 4.68. The standard InChI is InChI=1S/C15H15N3OS3/c1-8-3-4-12(21-8)10-7-11(10)13(19)18-15-17-9(2)14(22-15)20-6-5-16/h3-4,10-11H,6-7H2,1-2H3,(H,17,18,19). The summed E-state index contributed by atoms with van der Waals surface area (Å²) in [6, 6.07) is 6.34. The summed E-state index contributed by atoms with van der Waals surface area (Å²) in [5, 5.41) is 12.2. The number of carbonyl (C=O) groups is 1. The largest absolute Gasteiger partial charge is 0.302 e. The highest BCUT2D eigenvalue weighted by molar-refractivity contribution is 8.01. The maximum atomic E-state index is 12.3. The number of aromatic nitrogens is 1. The summed E-state index contributed by atoms with van der Waals surface area (Å²) in [5.74, 6) is 0.894. The zero-order chi connectivity index (χ0) is 15.7. The molecule has 22 heavy (non-hydrogen) atoms. The van der Waals surface area contributed by atoms with Gasteiger partial charge in [0.05, 0.1) is 21.7 Å². The van der Waals surface area contributed by atoms with Crippen LogP contribution in [0.2, 0.25) is 0 Å². The van der Waals surface area contributed by atoms with Crippen LogP contribution in [0.5, 0.6) is 0 Å². The lowest BCUT2D eigenvalue weighted by Gasteiger charge is -1.99. The second-order valence-electron chi connectivity index (χ2n) is 5.23. The van der Waals surface area contributed by atoms with Crippen molar-refractivity contribution in [3.8, 4) is 6.07 Å². The van der Waals surface area contributed by atoms with Crippen LogP contribution >= 0.6 is 34.4 Å². The van der Waals surface area contributed by atoms with Gasteiger partial charge in [-0.2, -0.15) is 5.26 Å². The van der Waals surface area contributed by atoms with Gasteiger partial charge in [-0.15, -0.1) is 11.3 Å². The molecule has 0 spiro atoms. The van der Waals surface area contributed by atoms with Crippen LogP contribution in [-0.2, 0) is 4.79 Å². The normalized spacial score (nSPS) is 19.7. The van der Waals surface area contributed by atoms with Crippen molar-refractivity contribution in [2.75, 3.05) is 11.1 Å². The van der Waals surface area contributed by atoms with Gasteiger partial charge in [-0.25, -0.2) is 4.98 Å². The van der Waals surface area contributed by atoms with Gasteiger partial charge in [0.2, 0.25) is 5.91 Å². The number of thiophene rings is 1. The topological polar surface area (TPSA) is 65.8 Å². The predicted octanol–water partition coefficient (Wildman–Crippen LogP) is 4.18. The van der Waals surface area contributed by atoms with Gasteiger partial charge in [0.25, 0.3) is 0 Å². The summed E-state index contributed by atoms with van der Waals surface area (Å²) in [6.07, 6.45) is 0.923. The first kappa shape index (κ1) is 15.5. The smallest absolute Gasteiger partial charge is 0.229 e. The molecule has 2 aromatic heterocycles. The monoisotopic (exact) mass is 349 g/mol. The molecule has 3 rings (SSSR count). The minimum absolute atomic E-state index is 0.0571. The van der Waals surface area contributed by atoms with E-state index in [0.29, 0.717) is 16.8 Å². The molecule has 4 nitrogen and oxygen atoms in total. The van der Waals surface area contributed by atoms with Crippen LogP contribution in [0.1, 0.15) is 27.8 Å². The minimum atomic E-state index is 0.0571. The molecule has 2 aromatic rings. The molecule has 0 aliphatic heterocycles. The lowest BCUT2D eigenvalue weighted by Crippen LogP contribution is -2.14. The SMILES string of the molecule is Cc1ccc(C2CC2C(=O)Nc2nc(C)c(SCC#N)s2)s1. The number of rotatable bonds is 5. The number of thioether (sulfide) groups is 1. The summed E-state index contributed by atoms with van der Waals surface area (Å²) in [7, 11) is 0. The third-order valence-corrected chi connectivity index (χ3v) is 6.94. The number of hydrogen-bond acceptors (Lipinski definition) is 6. The van der Waals surface area contributed by atoms with E-state index in [4.69, 9.17) is 5.26 Å². The lowest BCUT2D eigenvalue weighted by molar-refractivity contribution is -0.117. The number of thiazole rings is 1. The third kappa shape index (κ3) is 3.35. The molecule has 1 amide bonds. The molecule has 1 fully saturated rings. The Hall–Kier alpha value is -1.36. The van der Waals surface area contributed by atoms with E-state index in [1.54, 1.807) is 11.3 Å². The number of anilines is 1. The zero-order valence-corrected chi connectivity index (χ0v) is 14.7. The first-order chi connectivity index (χ1) is 10.6. The molecule has 0 bridgehead atoms. The first-order valence-corrected chi connectivity index (χ1v) is 9.54. The second kappa shape index (κ2) is 6.41. The molecule has 2 atom stereocenters. The molecule has 114 valence electrons. The zero-order valence-electron chi connectivity index (χ0n) is 12.3. The summed E-state index contributed by atoms with van der Waals surface area (Å²) in [6.45, 7) is 3.99. The highest BCUT2D eigenvalue weighted by Gasteiger charge is 2.44. The van der Waals surface area contributed by atoms with Gasteiger partial charge in [-0.1, -0.05) is 23.1 Å². The maximum absolute atomic E-state index is 12.3. The van der Waals surface area contributed by atoms with Crippen molar-refractivity contribution in [1.29, 1.82) is 5.26 Å². The third-order valence-electron chi connectivity index (χ3n) is 3.51. The molecule has 1 N–H and O–H groups in total. The van der Waals surface area contributed by atoms with Crippen LogP contribution in [-0.4, -0.2) is 16.6 Å². The van der Waals surface area contributed by atoms with Crippen molar-refractivity contribution >= 4 is 45.5 Å². The second-order valence-corrected chi connectivity index (χ2v) is 8.79. The summed E-state index contributed by atoms with van der Waals surface area (Å²) in [5.41, 5.74) is 0.877. The van der Waals surface area contributed by atoms with E-state index in [2.05, 4.69) is 35.4 Å². The fourth-order valence-electron chi connectivity index (χ4n) is 2.32. The molecule has 0 aromatic carbocycles. The van der Waals surface area contributed by atoms with Crippen molar-refractivity contribution in [1.82, 2.24) is 4.98 Å². The molecular weight excluding hydrogens is 334 g/mol. The van der Waals surface area contributed by atoms with Crippen molar-refractivity contribution < 1.29 is 4.79 Å². The molecule has 7 heteroatoms. The van der Waals surface area contributed by atoms with Crippen LogP contribution in [0, 0.1) is 31.1 Å². The highest BCUT2D eigenvalue weighted by Crippen LogP contribution is 2.50. The quantitative estimate of drug-likeness (QED) is 0.822. The molecule has 1 aliphatic carbocycles. The Labute approximate surface area is 141 Å². The molecule has 0 radical (unpaired) electrons. The van der Waals surface area contributed by atoms with Gasteiger partial charge in [0.1, 0.15) is 0 Å². The Morgan fingerprint density at radius 1 is 1.50 bits per heavy atom. The summed E-state index contributed by atoms with van der Waals surface area (Å²) < 4.78 is 0.998. The molecule has 1 aliphatic rings. The lowest BCUT2D eigenvalue weighted by atomic mass is 10.2.